The Morgan fingerprint density at radius 3 is 2.79 bits per heavy atom. The fourth-order valence-corrected chi connectivity index (χ4v) is 2.58. The summed E-state index contributed by atoms with van der Waals surface area (Å²) in [6.07, 6.45) is 1.69. The molecule has 1 atom stereocenters. The zero-order valence-corrected chi connectivity index (χ0v) is 11.4. The second-order valence-electron chi connectivity index (χ2n) is 4.31. The van der Waals surface area contributed by atoms with Crippen molar-refractivity contribution < 1.29 is 14.4 Å². The summed E-state index contributed by atoms with van der Waals surface area (Å²) in [5, 5.41) is 5.44. The van der Waals surface area contributed by atoms with Gasteiger partial charge in [0.1, 0.15) is 6.04 Å². The number of hydrogen-bond donors (Lipinski definition) is 2. The van der Waals surface area contributed by atoms with Crippen LogP contribution in [0.1, 0.15) is 16.3 Å². The van der Waals surface area contributed by atoms with Crippen molar-refractivity contribution in [3.63, 3.8) is 0 Å². The van der Waals surface area contributed by atoms with E-state index in [4.69, 9.17) is 0 Å². The highest BCUT2D eigenvalue weighted by atomic mass is 32.1. The maximum atomic E-state index is 11.9. The summed E-state index contributed by atoms with van der Waals surface area (Å²) in [4.78, 5) is 40.8. The topological polar surface area (TPSA) is 91.4 Å². The Labute approximate surface area is 114 Å². The fourth-order valence-electron chi connectivity index (χ4n) is 1.73. The van der Waals surface area contributed by atoms with Gasteiger partial charge in [-0.25, -0.2) is 9.78 Å². The molecule has 0 spiro atoms. The third kappa shape index (κ3) is 3.28. The molecule has 0 bridgehead atoms. The predicted octanol–water partition coefficient (Wildman–Crippen LogP) is 0.00802. The van der Waals surface area contributed by atoms with E-state index >= 15 is 0 Å². The summed E-state index contributed by atoms with van der Waals surface area (Å²) in [5.41, 5.74) is 0. The van der Waals surface area contributed by atoms with E-state index in [1.54, 1.807) is 13.2 Å². The second kappa shape index (κ2) is 5.35. The summed E-state index contributed by atoms with van der Waals surface area (Å²) in [7, 11) is 1.66. The Hall–Kier alpha value is -1.96. The molecule has 102 valence electrons. The summed E-state index contributed by atoms with van der Waals surface area (Å²) in [6.45, 7) is 2.35. The number of carbonyl (C=O) groups excluding carboxylic acids is 3. The van der Waals surface area contributed by atoms with Gasteiger partial charge in [0, 0.05) is 18.1 Å². The monoisotopic (exact) mass is 282 g/mol. The second-order valence-corrected chi connectivity index (χ2v) is 5.63. The van der Waals surface area contributed by atoms with Crippen molar-refractivity contribution in [2.45, 2.75) is 25.9 Å². The molecule has 1 fully saturated rings. The van der Waals surface area contributed by atoms with Crippen LogP contribution in [0.2, 0.25) is 0 Å². The molecule has 0 aromatic carbocycles. The molecule has 0 radical (unpaired) electrons. The van der Waals surface area contributed by atoms with Gasteiger partial charge in [0.2, 0.25) is 5.91 Å². The average Bonchev–Trinajstić information content (AvgIpc) is 2.85. The third-order valence-electron chi connectivity index (χ3n) is 2.73. The van der Waals surface area contributed by atoms with E-state index < -0.39 is 18.0 Å². The van der Waals surface area contributed by atoms with Crippen LogP contribution < -0.4 is 10.6 Å². The molecule has 1 aliphatic rings. The van der Waals surface area contributed by atoms with Gasteiger partial charge in [-0.15, -0.1) is 11.3 Å². The molecule has 19 heavy (non-hydrogen) atoms. The molecule has 2 rings (SSSR count). The van der Waals surface area contributed by atoms with E-state index in [0.717, 1.165) is 9.88 Å². The lowest BCUT2D eigenvalue weighted by Gasteiger charge is -2.17. The van der Waals surface area contributed by atoms with Crippen LogP contribution in [0, 0.1) is 6.92 Å². The van der Waals surface area contributed by atoms with Crippen molar-refractivity contribution in [3.05, 3.63) is 16.1 Å². The zero-order chi connectivity index (χ0) is 14.0. The first-order valence-corrected chi connectivity index (χ1v) is 6.54. The lowest BCUT2D eigenvalue weighted by molar-refractivity contribution is -0.133. The van der Waals surface area contributed by atoms with Crippen LogP contribution in [0.25, 0.3) is 0 Å². The van der Waals surface area contributed by atoms with E-state index in [2.05, 4.69) is 15.6 Å². The molecule has 0 aliphatic carbocycles. The Balaban J connectivity index is 1.89. The first kappa shape index (κ1) is 13.5. The number of nitrogens with one attached hydrogen (secondary N) is 2. The molecule has 8 heteroatoms. The number of hydrogen-bond acceptors (Lipinski definition) is 5. The Morgan fingerprint density at radius 2 is 2.26 bits per heavy atom. The predicted molar refractivity (Wildman–Crippen MR) is 68.4 cm³/mol. The first-order chi connectivity index (χ1) is 8.95. The summed E-state index contributed by atoms with van der Waals surface area (Å²) < 4.78 is 0. The number of aromatic nitrogens is 1. The molecule has 1 saturated heterocycles. The highest BCUT2D eigenvalue weighted by molar-refractivity contribution is 7.11. The molecule has 0 unspecified atom stereocenters. The number of aryl methyl sites for hydroxylation is 1. The van der Waals surface area contributed by atoms with Gasteiger partial charge in [0.25, 0.3) is 5.91 Å². The van der Waals surface area contributed by atoms with Crippen molar-refractivity contribution >= 4 is 29.2 Å². The molecule has 1 aromatic heterocycles. The van der Waals surface area contributed by atoms with E-state index in [0.29, 0.717) is 6.54 Å². The van der Waals surface area contributed by atoms with Crippen LogP contribution in [0.4, 0.5) is 4.79 Å². The maximum Gasteiger partial charge on any atom is 0.322 e. The van der Waals surface area contributed by atoms with E-state index in [-0.39, 0.29) is 12.3 Å². The third-order valence-corrected chi connectivity index (χ3v) is 3.62. The lowest BCUT2D eigenvalue weighted by atomic mass is 10.2. The largest absolute Gasteiger partial charge is 0.340 e. The quantitative estimate of drug-likeness (QED) is 0.761. The van der Waals surface area contributed by atoms with Crippen LogP contribution in [-0.2, 0) is 16.1 Å². The van der Waals surface area contributed by atoms with Crippen LogP contribution in [0.15, 0.2) is 6.20 Å². The maximum absolute atomic E-state index is 11.9. The van der Waals surface area contributed by atoms with Gasteiger partial charge in [0.15, 0.2) is 0 Å². The number of imide groups is 1. The van der Waals surface area contributed by atoms with Gasteiger partial charge in [-0.05, 0) is 6.92 Å². The molecule has 4 amide bonds. The smallest absolute Gasteiger partial charge is 0.322 e. The van der Waals surface area contributed by atoms with Gasteiger partial charge < -0.3 is 10.2 Å². The molecule has 2 heterocycles. The van der Waals surface area contributed by atoms with Crippen molar-refractivity contribution in [2.24, 2.45) is 0 Å². The lowest BCUT2D eigenvalue weighted by Crippen LogP contribution is -2.36. The van der Waals surface area contributed by atoms with Crippen molar-refractivity contribution in [2.75, 3.05) is 7.05 Å². The number of thiazole rings is 1. The number of rotatable bonds is 4. The highest BCUT2D eigenvalue weighted by Crippen LogP contribution is 2.14. The van der Waals surface area contributed by atoms with Gasteiger partial charge in [-0.1, -0.05) is 0 Å². The van der Waals surface area contributed by atoms with Gasteiger partial charge in [0.05, 0.1) is 18.0 Å². The number of carbonyl (C=O) groups is 3. The normalized spacial score (nSPS) is 18.1. The molecule has 7 nitrogen and oxygen atoms in total. The van der Waals surface area contributed by atoms with Crippen LogP contribution >= 0.6 is 11.3 Å². The summed E-state index contributed by atoms with van der Waals surface area (Å²) >= 11 is 1.52. The number of nitrogens with zero attached hydrogens (tertiary/aromatic N) is 2. The first-order valence-electron chi connectivity index (χ1n) is 5.72. The van der Waals surface area contributed by atoms with Crippen LogP contribution in [0.3, 0.4) is 0 Å². The fraction of sp³-hybridized carbons (Fsp3) is 0.455. The summed E-state index contributed by atoms with van der Waals surface area (Å²) in [6, 6.07) is -1.32. The molecule has 1 aromatic rings. The average molecular weight is 282 g/mol. The minimum absolute atomic E-state index is 0.0359. The SMILES string of the molecule is Cc1ncc(CN(C)C(=O)C[C@@H]2NC(=O)NC2=O)s1. The Kier molecular flexibility index (Phi) is 3.79. The van der Waals surface area contributed by atoms with Crippen molar-refractivity contribution in [1.82, 2.24) is 20.5 Å². The molecule has 2 N–H and O–H groups in total. The number of urea groups is 1. The summed E-state index contributed by atoms with van der Waals surface area (Å²) in [5.74, 6) is -0.659. The highest BCUT2D eigenvalue weighted by Gasteiger charge is 2.32. The zero-order valence-electron chi connectivity index (χ0n) is 10.6. The van der Waals surface area contributed by atoms with E-state index in [9.17, 15) is 14.4 Å². The van der Waals surface area contributed by atoms with E-state index in [1.165, 1.54) is 16.2 Å². The Bertz CT molecular complexity index is 528. The minimum atomic E-state index is -0.773. The molecule has 0 saturated carbocycles. The van der Waals surface area contributed by atoms with Crippen molar-refractivity contribution in [1.29, 1.82) is 0 Å². The van der Waals surface area contributed by atoms with E-state index in [1.807, 2.05) is 6.92 Å². The standard InChI is InChI=1S/C11H14N4O3S/c1-6-12-4-7(19-6)5-15(2)9(16)3-8-10(17)14-11(18)13-8/h4,8H,3,5H2,1-2H3,(H2,13,14,17,18)/t8-/m0/s1. The van der Waals surface area contributed by atoms with Gasteiger partial charge in [-0.2, -0.15) is 0 Å². The van der Waals surface area contributed by atoms with Crippen molar-refractivity contribution in [3.8, 4) is 0 Å². The van der Waals surface area contributed by atoms with Crippen LogP contribution in [-0.4, -0.2) is 40.8 Å². The number of amides is 4. The molecular weight excluding hydrogens is 268 g/mol. The Morgan fingerprint density at radius 1 is 1.53 bits per heavy atom. The van der Waals surface area contributed by atoms with Gasteiger partial charge in [-0.3, -0.25) is 14.9 Å². The van der Waals surface area contributed by atoms with Crippen LogP contribution in [0.5, 0.6) is 0 Å². The molecule has 1 aliphatic heterocycles. The molecular formula is C11H14N4O3S. The minimum Gasteiger partial charge on any atom is -0.340 e. The van der Waals surface area contributed by atoms with Gasteiger partial charge >= 0.3 is 6.03 Å².